The van der Waals surface area contributed by atoms with Gasteiger partial charge in [0.05, 0.1) is 11.7 Å². The van der Waals surface area contributed by atoms with Crippen molar-refractivity contribution in [3.8, 4) is 11.5 Å². The topological polar surface area (TPSA) is 54.0 Å². The second-order valence-electron chi connectivity index (χ2n) is 7.39. The van der Waals surface area contributed by atoms with Crippen molar-refractivity contribution in [3.63, 3.8) is 0 Å². The molecule has 0 aliphatic carbocycles. The minimum Gasteiger partial charge on any atom is -0.454 e. The number of hydrogen-bond acceptors (Lipinski definition) is 5. The zero-order valence-electron chi connectivity index (χ0n) is 16.5. The number of nitrogens with zero attached hydrogens (tertiary/aromatic N) is 2. The number of hydrogen-bond donors (Lipinski definition) is 1. The number of ether oxygens (including phenoxy) is 2. The fraction of sp³-hybridized carbons (Fsp3) is 0.381. The van der Waals surface area contributed by atoms with Gasteiger partial charge in [0.1, 0.15) is 0 Å². The SMILES string of the molecule is CC(C(=O)Nc1ccc(F)c(F)c1F)N1CCN(Cc2ccc3c(c2)OCO3)CC1. The Hall–Kier alpha value is -2.78. The molecule has 0 spiro atoms. The van der Waals surface area contributed by atoms with E-state index in [0.717, 1.165) is 48.8 Å². The molecule has 1 unspecified atom stereocenters. The molecule has 2 aromatic carbocycles. The van der Waals surface area contributed by atoms with Crippen LogP contribution >= 0.6 is 0 Å². The van der Waals surface area contributed by atoms with Crippen LogP contribution in [-0.4, -0.2) is 54.7 Å². The van der Waals surface area contributed by atoms with Crippen LogP contribution in [0.4, 0.5) is 18.9 Å². The molecule has 0 bridgehead atoms. The molecule has 30 heavy (non-hydrogen) atoms. The Morgan fingerprint density at radius 3 is 2.53 bits per heavy atom. The lowest BCUT2D eigenvalue weighted by molar-refractivity contribution is -0.121. The summed E-state index contributed by atoms with van der Waals surface area (Å²) in [7, 11) is 0. The molecule has 4 rings (SSSR count). The first-order valence-electron chi connectivity index (χ1n) is 9.71. The predicted octanol–water partition coefficient (Wildman–Crippen LogP) is 2.98. The smallest absolute Gasteiger partial charge is 0.241 e. The molecule has 2 heterocycles. The maximum Gasteiger partial charge on any atom is 0.241 e. The Balaban J connectivity index is 1.30. The molecule has 2 aliphatic heterocycles. The van der Waals surface area contributed by atoms with Crippen LogP contribution in [0.5, 0.6) is 11.5 Å². The lowest BCUT2D eigenvalue weighted by Crippen LogP contribution is -2.52. The molecular weight excluding hydrogens is 399 g/mol. The number of amides is 1. The zero-order valence-corrected chi connectivity index (χ0v) is 16.5. The molecule has 0 aromatic heterocycles. The fourth-order valence-electron chi connectivity index (χ4n) is 3.63. The van der Waals surface area contributed by atoms with Crippen LogP contribution in [0.15, 0.2) is 30.3 Å². The third-order valence-electron chi connectivity index (χ3n) is 5.47. The van der Waals surface area contributed by atoms with Crippen molar-refractivity contribution >= 4 is 11.6 Å². The van der Waals surface area contributed by atoms with Gasteiger partial charge in [0, 0.05) is 32.7 Å². The molecule has 160 valence electrons. The third kappa shape index (κ3) is 4.22. The maximum absolute atomic E-state index is 13.8. The van der Waals surface area contributed by atoms with E-state index in [4.69, 9.17) is 9.47 Å². The summed E-state index contributed by atoms with van der Waals surface area (Å²) in [6, 6.07) is 7.14. The van der Waals surface area contributed by atoms with E-state index in [2.05, 4.69) is 10.2 Å². The first-order valence-corrected chi connectivity index (χ1v) is 9.71. The maximum atomic E-state index is 13.8. The van der Waals surface area contributed by atoms with Gasteiger partial charge in [-0.3, -0.25) is 14.6 Å². The van der Waals surface area contributed by atoms with E-state index in [-0.39, 0.29) is 12.5 Å². The Morgan fingerprint density at radius 1 is 1.03 bits per heavy atom. The number of carbonyl (C=O) groups excluding carboxylic acids is 1. The van der Waals surface area contributed by atoms with Gasteiger partial charge >= 0.3 is 0 Å². The van der Waals surface area contributed by atoms with Crippen molar-refractivity contribution < 1.29 is 27.4 Å². The summed E-state index contributed by atoms with van der Waals surface area (Å²) in [5.41, 5.74) is 0.750. The highest BCUT2D eigenvalue weighted by Gasteiger charge is 2.27. The Bertz CT molecular complexity index is 949. The third-order valence-corrected chi connectivity index (χ3v) is 5.47. The Morgan fingerprint density at radius 2 is 1.77 bits per heavy atom. The zero-order chi connectivity index (χ0) is 21.3. The van der Waals surface area contributed by atoms with Gasteiger partial charge in [-0.15, -0.1) is 0 Å². The lowest BCUT2D eigenvalue weighted by atomic mass is 10.1. The van der Waals surface area contributed by atoms with Crippen LogP contribution in [-0.2, 0) is 11.3 Å². The van der Waals surface area contributed by atoms with Crippen LogP contribution in [0.3, 0.4) is 0 Å². The number of piperazine rings is 1. The van der Waals surface area contributed by atoms with E-state index in [0.29, 0.717) is 13.1 Å². The number of rotatable bonds is 5. The molecule has 0 radical (unpaired) electrons. The van der Waals surface area contributed by atoms with Crippen molar-refractivity contribution in [3.05, 3.63) is 53.3 Å². The molecule has 2 aliphatic rings. The molecule has 9 heteroatoms. The van der Waals surface area contributed by atoms with Gasteiger partial charge in [0.25, 0.3) is 0 Å². The minimum absolute atomic E-state index is 0.242. The standard InChI is InChI=1S/C21H22F3N3O3/c1-13(21(28)25-16-4-3-15(22)19(23)20(16)24)27-8-6-26(7-9-27)11-14-2-5-17-18(10-14)30-12-29-17/h2-5,10,13H,6-9,11-12H2,1H3,(H,25,28). The second-order valence-corrected chi connectivity index (χ2v) is 7.39. The molecule has 6 nitrogen and oxygen atoms in total. The summed E-state index contributed by atoms with van der Waals surface area (Å²) in [6.07, 6.45) is 0. The van der Waals surface area contributed by atoms with Crippen molar-refractivity contribution in [2.45, 2.75) is 19.5 Å². The highest BCUT2D eigenvalue weighted by Crippen LogP contribution is 2.33. The van der Waals surface area contributed by atoms with E-state index in [1.54, 1.807) is 6.92 Å². The average molecular weight is 421 g/mol. The molecule has 1 atom stereocenters. The monoisotopic (exact) mass is 421 g/mol. The van der Waals surface area contributed by atoms with Crippen molar-refractivity contribution in [2.75, 3.05) is 38.3 Å². The van der Waals surface area contributed by atoms with Gasteiger partial charge in [-0.2, -0.15) is 0 Å². The molecule has 1 N–H and O–H groups in total. The molecule has 1 amide bonds. The van der Waals surface area contributed by atoms with Crippen molar-refractivity contribution in [1.29, 1.82) is 0 Å². The molecular formula is C21H22F3N3O3. The number of benzene rings is 2. The molecule has 2 aromatic rings. The Kier molecular flexibility index (Phi) is 5.83. The molecule has 1 fully saturated rings. The van der Waals surface area contributed by atoms with E-state index in [1.807, 2.05) is 23.1 Å². The lowest BCUT2D eigenvalue weighted by Gasteiger charge is -2.37. The van der Waals surface area contributed by atoms with Crippen LogP contribution < -0.4 is 14.8 Å². The number of anilines is 1. The number of nitrogens with one attached hydrogen (secondary N) is 1. The van der Waals surface area contributed by atoms with Crippen LogP contribution in [0.1, 0.15) is 12.5 Å². The summed E-state index contributed by atoms with van der Waals surface area (Å²) in [4.78, 5) is 16.7. The van der Waals surface area contributed by atoms with Gasteiger partial charge in [-0.25, -0.2) is 13.2 Å². The summed E-state index contributed by atoms with van der Waals surface area (Å²) < 4.78 is 50.9. The number of carbonyl (C=O) groups is 1. The van der Waals surface area contributed by atoms with E-state index >= 15 is 0 Å². The van der Waals surface area contributed by atoms with Gasteiger partial charge in [0.2, 0.25) is 12.7 Å². The fourth-order valence-corrected chi connectivity index (χ4v) is 3.63. The largest absolute Gasteiger partial charge is 0.454 e. The molecule has 0 saturated carbocycles. The van der Waals surface area contributed by atoms with E-state index in [9.17, 15) is 18.0 Å². The first-order chi connectivity index (χ1) is 14.4. The first kappa shape index (κ1) is 20.5. The second kappa shape index (κ2) is 8.53. The highest BCUT2D eigenvalue weighted by atomic mass is 19.2. The average Bonchev–Trinajstić information content (AvgIpc) is 3.22. The Labute approximate surface area is 172 Å². The predicted molar refractivity (Wildman–Crippen MR) is 104 cm³/mol. The normalized spacial score (nSPS) is 17.7. The minimum atomic E-state index is -1.60. The summed E-state index contributed by atoms with van der Waals surface area (Å²) in [5.74, 6) is -3.26. The van der Waals surface area contributed by atoms with Gasteiger partial charge in [-0.1, -0.05) is 6.07 Å². The van der Waals surface area contributed by atoms with Crippen LogP contribution in [0.2, 0.25) is 0 Å². The number of halogens is 3. The van der Waals surface area contributed by atoms with Gasteiger partial charge in [0.15, 0.2) is 29.0 Å². The van der Waals surface area contributed by atoms with Gasteiger partial charge in [-0.05, 0) is 36.8 Å². The molecule has 1 saturated heterocycles. The number of fused-ring (bicyclic) bond motifs is 1. The van der Waals surface area contributed by atoms with Crippen molar-refractivity contribution in [1.82, 2.24) is 9.80 Å². The van der Waals surface area contributed by atoms with Crippen LogP contribution in [0, 0.1) is 17.5 Å². The quantitative estimate of drug-likeness (QED) is 0.753. The van der Waals surface area contributed by atoms with Crippen molar-refractivity contribution in [2.24, 2.45) is 0 Å². The van der Waals surface area contributed by atoms with E-state index in [1.165, 1.54) is 0 Å². The van der Waals surface area contributed by atoms with Gasteiger partial charge < -0.3 is 14.8 Å². The summed E-state index contributed by atoms with van der Waals surface area (Å²) in [6.45, 7) is 5.52. The summed E-state index contributed by atoms with van der Waals surface area (Å²) >= 11 is 0. The van der Waals surface area contributed by atoms with E-state index < -0.39 is 29.4 Å². The highest BCUT2D eigenvalue weighted by molar-refractivity contribution is 5.94. The van der Waals surface area contributed by atoms with Crippen LogP contribution in [0.25, 0.3) is 0 Å². The summed E-state index contributed by atoms with van der Waals surface area (Å²) in [5, 5.41) is 2.35.